The van der Waals surface area contributed by atoms with Crippen molar-refractivity contribution in [1.82, 2.24) is 25.9 Å². The molecule has 1 aromatic carbocycles. The van der Waals surface area contributed by atoms with Crippen molar-refractivity contribution in [3.05, 3.63) is 45.3 Å². The van der Waals surface area contributed by atoms with E-state index in [4.69, 9.17) is 0 Å². The first-order valence-corrected chi connectivity index (χ1v) is 5.34. The first-order chi connectivity index (χ1) is 9.09. The Labute approximate surface area is 107 Å². The van der Waals surface area contributed by atoms with Gasteiger partial charge in [0.15, 0.2) is 5.82 Å². The number of aromatic amines is 1. The van der Waals surface area contributed by atoms with E-state index < -0.39 is 10.8 Å². The number of aromatic nitrogens is 4. The van der Waals surface area contributed by atoms with Gasteiger partial charge in [-0.3, -0.25) is 14.9 Å². The topological polar surface area (TPSA) is 127 Å². The highest BCUT2D eigenvalue weighted by Crippen LogP contribution is 2.22. The lowest BCUT2D eigenvalue weighted by atomic mass is 10.1. The van der Waals surface area contributed by atoms with Gasteiger partial charge in [0.25, 0.3) is 11.6 Å². The van der Waals surface area contributed by atoms with Gasteiger partial charge in [0.2, 0.25) is 0 Å². The summed E-state index contributed by atoms with van der Waals surface area (Å²) in [6.45, 7) is 1.62. The van der Waals surface area contributed by atoms with Crippen LogP contribution in [-0.2, 0) is 6.54 Å². The first kappa shape index (κ1) is 12.6. The Hall–Kier alpha value is -2.84. The molecule has 0 aliphatic heterocycles. The summed E-state index contributed by atoms with van der Waals surface area (Å²) in [5.74, 6) is -0.260. The van der Waals surface area contributed by atoms with E-state index in [9.17, 15) is 14.9 Å². The Kier molecular flexibility index (Phi) is 3.46. The Morgan fingerprint density at radius 3 is 2.95 bits per heavy atom. The molecule has 0 saturated carbocycles. The van der Waals surface area contributed by atoms with E-state index in [1.54, 1.807) is 19.1 Å². The average molecular weight is 262 g/mol. The second kappa shape index (κ2) is 5.21. The number of hydrogen-bond donors (Lipinski definition) is 2. The highest BCUT2D eigenvalue weighted by Gasteiger charge is 2.22. The summed E-state index contributed by atoms with van der Waals surface area (Å²) in [6, 6.07) is 4.57. The number of amides is 1. The first-order valence-electron chi connectivity index (χ1n) is 5.34. The lowest BCUT2D eigenvalue weighted by molar-refractivity contribution is -0.385. The van der Waals surface area contributed by atoms with Gasteiger partial charge in [0, 0.05) is 5.56 Å². The predicted octanol–water partition coefficient (Wildman–Crippen LogP) is 0.346. The second-order valence-electron chi connectivity index (χ2n) is 3.74. The fourth-order valence-corrected chi connectivity index (χ4v) is 1.60. The van der Waals surface area contributed by atoms with Crippen LogP contribution in [0.4, 0.5) is 5.69 Å². The molecule has 98 valence electrons. The zero-order valence-corrected chi connectivity index (χ0v) is 9.95. The van der Waals surface area contributed by atoms with E-state index in [1.165, 1.54) is 6.07 Å². The molecule has 1 amide bonds. The smallest absolute Gasteiger partial charge is 0.285 e. The van der Waals surface area contributed by atoms with Crippen molar-refractivity contribution in [2.24, 2.45) is 0 Å². The molecule has 9 heteroatoms. The van der Waals surface area contributed by atoms with Gasteiger partial charge in [-0.2, -0.15) is 5.21 Å². The van der Waals surface area contributed by atoms with Crippen LogP contribution in [-0.4, -0.2) is 31.5 Å². The average Bonchev–Trinajstić information content (AvgIpc) is 2.88. The SMILES string of the molecule is Cc1cccc(C(=O)NCc2nn[nH]n2)c1[N+](=O)[O-]. The number of carbonyl (C=O) groups is 1. The second-order valence-corrected chi connectivity index (χ2v) is 3.74. The Morgan fingerprint density at radius 2 is 2.32 bits per heavy atom. The number of H-pyrrole nitrogens is 1. The predicted molar refractivity (Wildman–Crippen MR) is 63.2 cm³/mol. The molecule has 2 N–H and O–H groups in total. The summed E-state index contributed by atoms with van der Waals surface area (Å²) < 4.78 is 0. The van der Waals surface area contributed by atoms with Crippen molar-refractivity contribution in [3.8, 4) is 0 Å². The third-order valence-electron chi connectivity index (χ3n) is 2.46. The fraction of sp³-hybridized carbons (Fsp3) is 0.200. The number of nitrogens with one attached hydrogen (secondary N) is 2. The molecule has 0 unspecified atom stereocenters. The Balaban J connectivity index is 2.19. The molecule has 1 aromatic heterocycles. The lowest BCUT2D eigenvalue weighted by Crippen LogP contribution is -2.24. The quantitative estimate of drug-likeness (QED) is 0.604. The van der Waals surface area contributed by atoms with Crippen LogP contribution >= 0.6 is 0 Å². The van der Waals surface area contributed by atoms with Crippen LogP contribution in [0.2, 0.25) is 0 Å². The minimum absolute atomic E-state index is 0.00787. The third kappa shape index (κ3) is 2.70. The summed E-state index contributed by atoms with van der Waals surface area (Å²) in [6.07, 6.45) is 0. The number of aryl methyl sites for hydroxylation is 1. The third-order valence-corrected chi connectivity index (χ3v) is 2.46. The number of nitro groups is 1. The molecule has 2 aromatic rings. The molecule has 0 atom stereocenters. The van der Waals surface area contributed by atoms with E-state index >= 15 is 0 Å². The van der Waals surface area contributed by atoms with Crippen molar-refractivity contribution < 1.29 is 9.72 Å². The Bertz CT molecular complexity index is 610. The number of nitro benzene ring substituents is 1. The summed E-state index contributed by atoms with van der Waals surface area (Å²) in [5.41, 5.74) is 0.235. The van der Waals surface area contributed by atoms with Gasteiger partial charge in [-0.05, 0) is 13.0 Å². The molecule has 19 heavy (non-hydrogen) atoms. The normalized spacial score (nSPS) is 10.2. The summed E-state index contributed by atoms with van der Waals surface area (Å²) in [7, 11) is 0. The lowest BCUT2D eigenvalue weighted by Gasteiger charge is -2.05. The summed E-state index contributed by atoms with van der Waals surface area (Å²) in [5, 5.41) is 26.4. The number of tetrazole rings is 1. The van der Waals surface area contributed by atoms with Crippen LogP contribution in [0.15, 0.2) is 18.2 Å². The molecule has 2 rings (SSSR count). The van der Waals surface area contributed by atoms with Gasteiger partial charge in [-0.25, -0.2) is 0 Å². The van der Waals surface area contributed by atoms with Crippen molar-refractivity contribution in [3.63, 3.8) is 0 Å². The monoisotopic (exact) mass is 262 g/mol. The van der Waals surface area contributed by atoms with Crippen molar-refractivity contribution >= 4 is 11.6 Å². The molecule has 0 aliphatic rings. The number of hydrogen-bond acceptors (Lipinski definition) is 6. The van der Waals surface area contributed by atoms with Crippen LogP contribution in [0.3, 0.4) is 0 Å². The summed E-state index contributed by atoms with van der Waals surface area (Å²) in [4.78, 5) is 22.3. The van der Waals surface area contributed by atoms with Gasteiger partial charge in [0.05, 0.1) is 11.5 Å². The minimum Gasteiger partial charge on any atom is -0.344 e. The highest BCUT2D eigenvalue weighted by molar-refractivity contribution is 5.98. The number of benzene rings is 1. The van der Waals surface area contributed by atoms with Gasteiger partial charge in [-0.15, -0.1) is 10.2 Å². The molecule has 0 spiro atoms. The zero-order valence-electron chi connectivity index (χ0n) is 9.95. The zero-order chi connectivity index (χ0) is 13.8. The maximum atomic E-state index is 11.9. The molecule has 0 bridgehead atoms. The maximum absolute atomic E-state index is 11.9. The Morgan fingerprint density at radius 1 is 1.53 bits per heavy atom. The van der Waals surface area contributed by atoms with Crippen LogP contribution in [0.1, 0.15) is 21.7 Å². The van der Waals surface area contributed by atoms with Crippen LogP contribution in [0.25, 0.3) is 0 Å². The van der Waals surface area contributed by atoms with Gasteiger partial charge >= 0.3 is 0 Å². The molecular formula is C10H10N6O3. The largest absolute Gasteiger partial charge is 0.344 e. The van der Waals surface area contributed by atoms with Crippen molar-refractivity contribution in [1.29, 1.82) is 0 Å². The fourth-order valence-electron chi connectivity index (χ4n) is 1.60. The molecule has 0 saturated heterocycles. The highest BCUT2D eigenvalue weighted by atomic mass is 16.6. The number of nitrogens with zero attached hydrogens (tertiary/aromatic N) is 4. The van der Waals surface area contributed by atoms with Crippen molar-refractivity contribution in [2.75, 3.05) is 0 Å². The van der Waals surface area contributed by atoms with E-state index in [-0.39, 0.29) is 17.8 Å². The molecule has 9 nitrogen and oxygen atoms in total. The van der Waals surface area contributed by atoms with Gasteiger partial charge in [-0.1, -0.05) is 17.3 Å². The number of rotatable bonds is 4. The van der Waals surface area contributed by atoms with E-state index in [1.807, 2.05) is 0 Å². The maximum Gasteiger partial charge on any atom is 0.285 e. The van der Waals surface area contributed by atoms with Gasteiger partial charge < -0.3 is 5.32 Å². The molecule has 0 fully saturated rings. The van der Waals surface area contributed by atoms with Crippen molar-refractivity contribution in [2.45, 2.75) is 13.5 Å². The number of para-hydroxylation sites is 1. The standard InChI is InChI=1S/C10H10N6O3/c1-6-3-2-4-7(9(6)16(18)19)10(17)11-5-8-12-14-15-13-8/h2-4H,5H2,1H3,(H,11,17)(H,12,13,14,15). The molecule has 0 aliphatic carbocycles. The summed E-state index contributed by atoms with van der Waals surface area (Å²) >= 11 is 0. The van der Waals surface area contributed by atoms with Crippen LogP contribution in [0.5, 0.6) is 0 Å². The molecular weight excluding hydrogens is 252 g/mol. The molecule has 0 radical (unpaired) electrons. The minimum atomic E-state index is -0.571. The van der Waals surface area contributed by atoms with E-state index in [2.05, 4.69) is 25.9 Å². The van der Waals surface area contributed by atoms with E-state index in [0.29, 0.717) is 11.4 Å². The van der Waals surface area contributed by atoms with Crippen LogP contribution in [0, 0.1) is 17.0 Å². The number of carbonyl (C=O) groups excluding carboxylic acids is 1. The van der Waals surface area contributed by atoms with Crippen LogP contribution < -0.4 is 5.32 Å². The van der Waals surface area contributed by atoms with Gasteiger partial charge in [0.1, 0.15) is 5.56 Å². The van der Waals surface area contributed by atoms with E-state index in [0.717, 1.165) is 0 Å². The molecule has 1 heterocycles.